The van der Waals surface area contributed by atoms with E-state index in [-0.39, 0.29) is 11.7 Å². The van der Waals surface area contributed by atoms with Gasteiger partial charge in [0.25, 0.3) is 11.7 Å². The molecular weight excluding hydrogens is 369 g/mol. The van der Waals surface area contributed by atoms with Gasteiger partial charge in [0.1, 0.15) is 38.5 Å². The number of halogens is 1. The summed E-state index contributed by atoms with van der Waals surface area (Å²) in [6, 6.07) is 13.1. The molecule has 2 aliphatic rings. The molecule has 2 saturated heterocycles. The molecule has 7 heteroatoms. The van der Waals surface area contributed by atoms with E-state index in [9.17, 15) is 9.18 Å². The van der Waals surface area contributed by atoms with Crippen molar-refractivity contribution in [2.24, 2.45) is 0 Å². The van der Waals surface area contributed by atoms with Gasteiger partial charge in [0.2, 0.25) is 0 Å². The molecule has 1 amide bonds. The molecule has 1 aromatic heterocycles. The first-order chi connectivity index (χ1) is 14.2. The molecule has 0 atom stereocenters. The maximum atomic E-state index is 13.9. The molecule has 0 unspecified atom stereocenters. The number of hydrogen-bond acceptors (Lipinski definition) is 2. The van der Waals surface area contributed by atoms with Crippen molar-refractivity contribution in [2.45, 2.75) is 6.54 Å². The first kappa shape index (κ1) is 19.8. The van der Waals surface area contributed by atoms with Crippen LogP contribution in [0.25, 0.3) is 0 Å². The second-order valence-corrected chi connectivity index (χ2v) is 8.06. The Morgan fingerprint density at radius 1 is 0.931 bits per heavy atom. The van der Waals surface area contributed by atoms with E-state index < -0.39 is 0 Å². The van der Waals surface area contributed by atoms with Gasteiger partial charge in [-0.1, -0.05) is 24.3 Å². The van der Waals surface area contributed by atoms with Crippen LogP contribution in [-0.2, 0) is 11.3 Å². The molecule has 0 aliphatic carbocycles. The standard InChI is InChI=1S/C22H28FN5O/c23-20-6-2-1-5-19(20)17-25-11-15-28(16-12-25)22(29)18-26-9-13-27(14-10-26)21-7-3-4-8-24-21/h1-8H,9-18H2/p+3. The SMILES string of the molecule is O=C(C[NH+]1CCN(c2cccc[nH+]2)CC1)N1CC[NH+](Cc2ccccc2F)CC1. The Balaban J connectivity index is 1.20. The highest BCUT2D eigenvalue weighted by molar-refractivity contribution is 5.77. The first-order valence-electron chi connectivity index (χ1n) is 10.6. The zero-order valence-corrected chi connectivity index (χ0v) is 16.9. The normalized spacial score (nSPS) is 18.8. The predicted molar refractivity (Wildman–Crippen MR) is 108 cm³/mol. The van der Waals surface area contributed by atoms with Crippen LogP contribution in [0, 0.1) is 5.82 Å². The lowest BCUT2D eigenvalue weighted by Crippen LogP contribution is -3.16. The fourth-order valence-electron chi connectivity index (χ4n) is 4.31. The number of carbonyl (C=O) groups excluding carboxylic acids is 1. The Hall–Kier alpha value is -2.51. The molecule has 2 fully saturated rings. The quantitative estimate of drug-likeness (QED) is 0.627. The largest absolute Gasteiger partial charge is 0.328 e. The lowest BCUT2D eigenvalue weighted by molar-refractivity contribution is -0.918. The number of benzene rings is 1. The number of nitrogens with zero attached hydrogens (tertiary/aromatic N) is 2. The first-order valence-corrected chi connectivity index (χ1v) is 10.6. The topological polar surface area (TPSA) is 46.6 Å². The molecule has 1 aromatic carbocycles. The number of amides is 1. The maximum Gasteiger partial charge on any atom is 0.278 e. The third-order valence-corrected chi connectivity index (χ3v) is 6.13. The number of pyridine rings is 1. The smallest absolute Gasteiger partial charge is 0.278 e. The number of quaternary nitrogens is 2. The van der Waals surface area contributed by atoms with E-state index in [1.807, 2.05) is 35.4 Å². The van der Waals surface area contributed by atoms with Crippen molar-refractivity contribution in [3.05, 3.63) is 60.0 Å². The van der Waals surface area contributed by atoms with Gasteiger partial charge in [0, 0.05) is 11.6 Å². The van der Waals surface area contributed by atoms with Crippen molar-refractivity contribution in [2.75, 3.05) is 63.8 Å². The van der Waals surface area contributed by atoms with E-state index in [4.69, 9.17) is 0 Å². The number of H-pyrrole nitrogens is 1. The lowest BCUT2D eigenvalue weighted by atomic mass is 10.2. The maximum absolute atomic E-state index is 13.9. The number of aromatic nitrogens is 1. The molecule has 4 rings (SSSR count). The van der Waals surface area contributed by atoms with E-state index in [0.29, 0.717) is 13.1 Å². The summed E-state index contributed by atoms with van der Waals surface area (Å²) in [6.45, 7) is 8.45. The number of piperazine rings is 2. The summed E-state index contributed by atoms with van der Waals surface area (Å²) in [4.78, 5) is 23.1. The van der Waals surface area contributed by atoms with Crippen LogP contribution in [-0.4, -0.2) is 69.7 Å². The Bertz CT molecular complexity index is 802. The van der Waals surface area contributed by atoms with Gasteiger partial charge in [-0.05, 0) is 12.1 Å². The molecule has 3 N–H and O–H groups in total. The minimum atomic E-state index is -0.130. The van der Waals surface area contributed by atoms with Crippen LogP contribution in [0.3, 0.4) is 0 Å². The summed E-state index contributed by atoms with van der Waals surface area (Å²) in [7, 11) is 0. The Labute approximate surface area is 171 Å². The van der Waals surface area contributed by atoms with Gasteiger partial charge in [-0.3, -0.25) is 9.69 Å². The summed E-state index contributed by atoms with van der Waals surface area (Å²) in [5, 5.41) is 0. The summed E-state index contributed by atoms with van der Waals surface area (Å²) in [6.07, 6.45) is 1.95. The number of anilines is 1. The number of hydrogen-bond donors (Lipinski definition) is 2. The molecule has 154 valence electrons. The van der Waals surface area contributed by atoms with Crippen molar-refractivity contribution in [1.82, 2.24) is 4.90 Å². The van der Waals surface area contributed by atoms with Gasteiger partial charge >= 0.3 is 0 Å². The van der Waals surface area contributed by atoms with Crippen LogP contribution in [0.15, 0.2) is 48.7 Å². The van der Waals surface area contributed by atoms with Gasteiger partial charge in [-0.25, -0.2) is 9.37 Å². The third-order valence-electron chi connectivity index (χ3n) is 6.13. The van der Waals surface area contributed by atoms with Gasteiger partial charge in [-0.15, -0.1) is 0 Å². The zero-order valence-electron chi connectivity index (χ0n) is 16.9. The van der Waals surface area contributed by atoms with Crippen molar-refractivity contribution < 1.29 is 24.0 Å². The van der Waals surface area contributed by atoms with E-state index in [2.05, 4.69) is 16.0 Å². The lowest BCUT2D eigenvalue weighted by Gasteiger charge is -2.34. The number of rotatable bonds is 5. The van der Waals surface area contributed by atoms with Crippen LogP contribution in [0.4, 0.5) is 10.2 Å². The highest BCUT2D eigenvalue weighted by Crippen LogP contribution is 2.05. The van der Waals surface area contributed by atoms with E-state index in [0.717, 1.165) is 63.7 Å². The number of nitrogens with one attached hydrogen (secondary N) is 3. The average molecular weight is 401 g/mol. The summed E-state index contributed by atoms with van der Waals surface area (Å²) >= 11 is 0. The molecule has 29 heavy (non-hydrogen) atoms. The average Bonchev–Trinajstić information content (AvgIpc) is 2.77. The number of carbonyl (C=O) groups is 1. The Morgan fingerprint density at radius 3 is 2.31 bits per heavy atom. The van der Waals surface area contributed by atoms with Gasteiger partial charge in [0.15, 0.2) is 6.54 Å². The molecule has 0 saturated carbocycles. The molecule has 2 aromatic rings. The Morgan fingerprint density at radius 2 is 1.62 bits per heavy atom. The van der Waals surface area contributed by atoms with Crippen LogP contribution >= 0.6 is 0 Å². The molecule has 0 spiro atoms. The Kier molecular flexibility index (Phi) is 6.36. The third kappa shape index (κ3) is 5.10. The number of aromatic amines is 1. The fourth-order valence-corrected chi connectivity index (χ4v) is 4.31. The van der Waals surface area contributed by atoms with Gasteiger partial charge in [0.05, 0.1) is 32.4 Å². The highest BCUT2D eigenvalue weighted by Gasteiger charge is 2.30. The molecule has 0 radical (unpaired) electrons. The monoisotopic (exact) mass is 400 g/mol. The molecular formula is C22H31FN5O+3. The zero-order chi connectivity index (χ0) is 20.1. The van der Waals surface area contributed by atoms with E-state index in [1.165, 1.54) is 15.9 Å². The summed E-state index contributed by atoms with van der Waals surface area (Å²) in [5.74, 6) is 1.27. The molecule has 0 bridgehead atoms. The van der Waals surface area contributed by atoms with Crippen molar-refractivity contribution in [1.29, 1.82) is 0 Å². The predicted octanol–water partition coefficient (Wildman–Crippen LogP) is -1.73. The second-order valence-electron chi connectivity index (χ2n) is 8.06. The molecule has 2 aliphatic heterocycles. The van der Waals surface area contributed by atoms with Gasteiger partial charge < -0.3 is 14.7 Å². The highest BCUT2D eigenvalue weighted by atomic mass is 19.1. The second kappa shape index (κ2) is 9.33. The molecule has 3 heterocycles. The summed E-state index contributed by atoms with van der Waals surface area (Å²) < 4.78 is 13.9. The van der Waals surface area contributed by atoms with Crippen LogP contribution in [0.2, 0.25) is 0 Å². The van der Waals surface area contributed by atoms with Gasteiger partial charge in [-0.2, -0.15) is 0 Å². The van der Waals surface area contributed by atoms with Crippen LogP contribution < -0.4 is 19.7 Å². The van der Waals surface area contributed by atoms with E-state index >= 15 is 0 Å². The van der Waals surface area contributed by atoms with Crippen molar-refractivity contribution in [3.63, 3.8) is 0 Å². The molecule has 6 nitrogen and oxygen atoms in total. The summed E-state index contributed by atoms with van der Waals surface area (Å²) in [5.41, 5.74) is 0.764. The fraction of sp³-hybridized carbons (Fsp3) is 0.455. The van der Waals surface area contributed by atoms with Crippen molar-refractivity contribution in [3.8, 4) is 0 Å². The van der Waals surface area contributed by atoms with Crippen LogP contribution in [0.5, 0.6) is 0 Å². The minimum Gasteiger partial charge on any atom is -0.328 e. The van der Waals surface area contributed by atoms with Crippen molar-refractivity contribution >= 4 is 11.7 Å². The van der Waals surface area contributed by atoms with Crippen LogP contribution in [0.1, 0.15) is 5.56 Å². The minimum absolute atomic E-state index is 0.130. The van der Waals surface area contributed by atoms with E-state index in [1.54, 1.807) is 6.07 Å².